The molecule has 0 saturated carbocycles. The predicted octanol–water partition coefficient (Wildman–Crippen LogP) is 3.79. The van der Waals surface area contributed by atoms with E-state index in [1.807, 2.05) is 37.3 Å². The molecule has 6 heteroatoms. The Morgan fingerprint density at radius 3 is 2.70 bits per heavy atom. The molecule has 0 atom stereocenters. The summed E-state index contributed by atoms with van der Waals surface area (Å²) in [6, 6.07) is 11.2. The van der Waals surface area contributed by atoms with Gasteiger partial charge in [-0.3, -0.25) is 4.98 Å². The number of ether oxygens (including phenoxy) is 1. The molecule has 0 aliphatic carbocycles. The van der Waals surface area contributed by atoms with E-state index in [0.717, 1.165) is 22.5 Å². The number of pyridine rings is 1. The van der Waals surface area contributed by atoms with Gasteiger partial charge in [0.15, 0.2) is 0 Å². The Balaban J connectivity index is 1.84. The van der Waals surface area contributed by atoms with E-state index in [4.69, 9.17) is 4.74 Å². The van der Waals surface area contributed by atoms with E-state index < -0.39 is 5.97 Å². The van der Waals surface area contributed by atoms with Crippen LogP contribution in [0.2, 0.25) is 0 Å². The lowest BCUT2D eigenvalue weighted by atomic mass is 10.2. The summed E-state index contributed by atoms with van der Waals surface area (Å²) in [7, 11) is 0. The second-order valence-electron chi connectivity index (χ2n) is 4.94. The molecule has 0 bridgehead atoms. The quantitative estimate of drug-likeness (QED) is 0.772. The number of nitrogens with zero attached hydrogens (tertiary/aromatic N) is 2. The fourth-order valence-electron chi connectivity index (χ4n) is 2.02. The molecule has 3 aromatic rings. The summed E-state index contributed by atoms with van der Waals surface area (Å²) < 4.78 is 5.65. The average molecular weight is 326 g/mol. The van der Waals surface area contributed by atoms with Gasteiger partial charge in [0, 0.05) is 18.0 Å². The first-order valence-electron chi connectivity index (χ1n) is 6.96. The number of benzene rings is 1. The van der Waals surface area contributed by atoms with Crippen molar-refractivity contribution in [2.24, 2.45) is 0 Å². The maximum absolute atomic E-state index is 11.4. The van der Waals surface area contributed by atoms with E-state index in [1.54, 1.807) is 18.5 Å². The Hall–Kier alpha value is -2.73. The van der Waals surface area contributed by atoms with Crippen LogP contribution in [-0.2, 0) is 6.61 Å². The molecule has 0 amide bonds. The van der Waals surface area contributed by atoms with Gasteiger partial charge in [-0.2, -0.15) is 0 Å². The SMILES string of the molecule is Cc1ccc(OCc2nc(-c3cccnc3)sc2C(=O)O)cc1. The van der Waals surface area contributed by atoms with E-state index in [9.17, 15) is 9.90 Å². The monoisotopic (exact) mass is 326 g/mol. The van der Waals surface area contributed by atoms with Crippen LogP contribution in [0.15, 0.2) is 48.8 Å². The first-order chi connectivity index (χ1) is 11.1. The van der Waals surface area contributed by atoms with Crippen molar-refractivity contribution in [1.29, 1.82) is 0 Å². The molecule has 0 unspecified atom stereocenters. The molecule has 3 rings (SSSR count). The number of carboxylic acid groups (broad SMARTS) is 1. The lowest BCUT2D eigenvalue weighted by Crippen LogP contribution is -2.03. The summed E-state index contributed by atoms with van der Waals surface area (Å²) in [6.45, 7) is 2.11. The van der Waals surface area contributed by atoms with Crippen LogP contribution in [-0.4, -0.2) is 21.0 Å². The molecule has 5 nitrogen and oxygen atoms in total. The van der Waals surface area contributed by atoms with E-state index in [0.29, 0.717) is 16.5 Å². The van der Waals surface area contributed by atoms with Gasteiger partial charge in [0.05, 0.1) is 0 Å². The number of thiazole rings is 1. The average Bonchev–Trinajstić information content (AvgIpc) is 3.00. The third kappa shape index (κ3) is 3.54. The zero-order valence-corrected chi connectivity index (χ0v) is 13.2. The highest BCUT2D eigenvalue weighted by Gasteiger charge is 2.18. The van der Waals surface area contributed by atoms with Crippen LogP contribution in [0.1, 0.15) is 20.9 Å². The Morgan fingerprint density at radius 1 is 1.26 bits per heavy atom. The molecule has 0 radical (unpaired) electrons. The first-order valence-corrected chi connectivity index (χ1v) is 7.78. The Morgan fingerprint density at radius 2 is 2.04 bits per heavy atom. The highest BCUT2D eigenvalue weighted by atomic mass is 32.1. The highest BCUT2D eigenvalue weighted by Crippen LogP contribution is 2.28. The minimum absolute atomic E-state index is 0.113. The van der Waals surface area contributed by atoms with Gasteiger partial charge >= 0.3 is 5.97 Å². The van der Waals surface area contributed by atoms with E-state index in [-0.39, 0.29) is 11.5 Å². The normalized spacial score (nSPS) is 10.5. The molecule has 0 spiro atoms. The minimum Gasteiger partial charge on any atom is -0.487 e. The number of carbonyl (C=O) groups is 1. The van der Waals surface area contributed by atoms with E-state index >= 15 is 0 Å². The van der Waals surface area contributed by atoms with Crippen molar-refractivity contribution >= 4 is 17.3 Å². The number of rotatable bonds is 5. The molecule has 2 aromatic heterocycles. The molecule has 0 aliphatic rings. The predicted molar refractivity (Wildman–Crippen MR) is 87.8 cm³/mol. The summed E-state index contributed by atoms with van der Waals surface area (Å²) in [5.74, 6) is -0.317. The molecule has 23 heavy (non-hydrogen) atoms. The van der Waals surface area contributed by atoms with Crippen molar-refractivity contribution in [2.45, 2.75) is 13.5 Å². The number of aromatic nitrogens is 2. The molecule has 0 aliphatic heterocycles. The molecule has 116 valence electrons. The molecular weight excluding hydrogens is 312 g/mol. The van der Waals surface area contributed by atoms with Crippen LogP contribution in [0.3, 0.4) is 0 Å². The van der Waals surface area contributed by atoms with Crippen LogP contribution < -0.4 is 4.74 Å². The van der Waals surface area contributed by atoms with Crippen molar-refractivity contribution in [3.63, 3.8) is 0 Å². The minimum atomic E-state index is -1.000. The van der Waals surface area contributed by atoms with Crippen LogP contribution >= 0.6 is 11.3 Å². The molecule has 1 N–H and O–H groups in total. The smallest absolute Gasteiger partial charge is 0.347 e. The van der Waals surface area contributed by atoms with Gasteiger partial charge in [0.1, 0.15) is 27.9 Å². The van der Waals surface area contributed by atoms with Crippen molar-refractivity contribution in [1.82, 2.24) is 9.97 Å². The number of hydrogen-bond acceptors (Lipinski definition) is 5. The van der Waals surface area contributed by atoms with Crippen molar-refractivity contribution < 1.29 is 14.6 Å². The second kappa shape index (κ2) is 6.58. The number of hydrogen-bond donors (Lipinski definition) is 1. The molecule has 1 aromatic carbocycles. The molecule has 2 heterocycles. The summed E-state index contributed by atoms with van der Waals surface area (Å²) in [6.07, 6.45) is 3.33. The maximum atomic E-state index is 11.4. The van der Waals surface area contributed by atoms with Crippen molar-refractivity contribution in [2.75, 3.05) is 0 Å². The first kappa shape index (κ1) is 15.2. The molecule has 0 fully saturated rings. The summed E-state index contributed by atoms with van der Waals surface area (Å²) in [5.41, 5.74) is 2.35. The van der Waals surface area contributed by atoms with Crippen LogP contribution in [0.5, 0.6) is 5.75 Å². The standard InChI is InChI=1S/C17H14N2O3S/c1-11-4-6-13(7-5-11)22-10-14-15(17(20)21)23-16(19-14)12-3-2-8-18-9-12/h2-9H,10H2,1H3,(H,20,21). The third-order valence-electron chi connectivity index (χ3n) is 3.20. The maximum Gasteiger partial charge on any atom is 0.347 e. The Bertz CT molecular complexity index is 814. The lowest BCUT2D eigenvalue weighted by Gasteiger charge is -2.05. The fourth-order valence-corrected chi connectivity index (χ4v) is 2.91. The van der Waals surface area contributed by atoms with Crippen LogP contribution in [0, 0.1) is 6.92 Å². The zero-order valence-electron chi connectivity index (χ0n) is 12.4. The zero-order chi connectivity index (χ0) is 16.2. The molecule has 0 saturated heterocycles. The van der Waals surface area contributed by atoms with Crippen LogP contribution in [0.4, 0.5) is 0 Å². The summed E-state index contributed by atoms with van der Waals surface area (Å²) >= 11 is 1.13. The number of aryl methyl sites for hydroxylation is 1. The van der Waals surface area contributed by atoms with Gasteiger partial charge in [-0.1, -0.05) is 17.7 Å². The van der Waals surface area contributed by atoms with Gasteiger partial charge in [-0.25, -0.2) is 9.78 Å². The second-order valence-corrected chi connectivity index (χ2v) is 5.94. The van der Waals surface area contributed by atoms with Crippen molar-refractivity contribution in [3.8, 4) is 16.3 Å². The number of carboxylic acids is 1. The summed E-state index contributed by atoms with van der Waals surface area (Å²) in [5, 5.41) is 9.98. The topological polar surface area (TPSA) is 72.3 Å². The summed E-state index contributed by atoms with van der Waals surface area (Å²) in [4.78, 5) is 20.1. The van der Waals surface area contributed by atoms with Gasteiger partial charge in [0.25, 0.3) is 0 Å². The molecular formula is C17H14N2O3S. The number of aromatic carboxylic acids is 1. The van der Waals surface area contributed by atoms with Gasteiger partial charge in [-0.15, -0.1) is 11.3 Å². The largest absolute Gasteiger partial charge is 0.487 e. The van der Waals surface area contributed by atoms with E-state index in [2.05, 4.69) is 9.97 Å². The van der Waals surface area contributed by atoms with Gasteiger partial charge in [0.2, 0.25) is 0 Å². The van der Waals surface area contributed by atoms with Crippen molar-refractivity contribution in [3.05, 3.63) is 64.9 Å². The Kier molecular flexibility index (Phi) is 4.34. The highest BCUT2D eigenvalue weighted by molar-refractivity contribution is 7.17. The lowest BCUT2D eigenvalue weighted by molar-refractivity contribution is 0.0699. The third-order valence-corrected chi connectivity index (χ3v) is 4.33. The Labute approximate surface area is 137 Å². The van der Waals surface area contributed by atoms with Gasteiger partial charge < -0.3 is 9.84 Å². The van der Waals surface area contributed by atoms with Crippen LogP contribution in [0.25, 0.3) is 10.6 Å². The fraction of sp³-hybridized carbons (Fsp3) is 0.118. The van der Waals surface area contributed by atoms with Gasteiger partial charge in [-0.05, 0) is 31.2 Å². The van der Waals surface area contributed by atoms with E-state index in [1.165, 1.54) is 0 Å².